The molecule has 0 radical (unpaired) electrons. The Bertz CT molecular complexity index is 518. The quantitative estimate of drug-likeness (QED) is 0.883. The van der Waals surface area contributed by atoms with Gasteiger partial charge in [-0.2, -0.15) is 0 Å². The summed E-state index contributed by atoms with van der Waals surface area (Å²) >= 11 is 0. The van der Waals surface area contributed by atoms with E-state index in [0.717, 1.165) is 44.6 Å². The number of carbonyl (C=O) groups is 1. The van der Waals surface area contributed by atoms with Gasteiger partial charge in [0.2, 0.25) is 0 Å². The van der Waals surface area contributed by atoms with E-state index >= 15 is 0 Å². The Morgan fingerprint density at radius 2 is 2.38 bits per heavy atom. The van der Waals surface area contributed by atoms with E-state index in [1.54, 1.807) is 4.90 Å². The molecule has 0 aromatic heterocycles. The highest BCUT2D eigenvalue weighted by molar-refractivity contribution is 5.74. The van der Waals surface area contributed by atoms with Crippen LogP contribution in [-0.2, 0) is 12.8 Å². The number of nitrogens with zero attached hydrogens (tertiary/aromatic N) is 1. The fourth-order valence-electron chi connectivity index (χ4n) is 2.96. The van der Waals surface area contributed by atoms with Crippen LogP contribution in [0.5, 0.6) is 5.75 Å². The number of hydrogen-bond donors (Lipinski definition) is 2. The first-order valence-electron chi connectivity index (χ1n) is 7.68. The molecule has 3 rings (SSSR count). The summed E-state index contributed by atoms with van der Waals surface area (Å²) in [5, 5.41) is 12.5. The van der Waals surface area contributed by atoms with Gasteiger partial charge >= 0.3 is 6.03 Å². The molecule has 1 aromatic rings. The van der Waals surface area contributed by atoms with Gasteiger partial charge in [0.05, 0.1) is 12.7 Å². The van der Waals surface area contributed by atoms with Crippen molar-refractivity contribution in [3.05, 3.63) is 29.3 Å². The van der Waals surface area contributed by atoms with E-state index in [9.17, 15) is 9.90 Å². The number of urea groups is 1. The summed E-state index contributed by atoms with van der Waals surface area (Å²) in [5.74, 6) is 0.991. The largest absolute Gasteiger partial charge is 0.493 e. The normalized spacial score (nSPS) is 20.8. The Morgan fingerprint density at radius 3 is 3.24 bits per heavy atom. The minimum Gasteiger partial charge on any atom is -0.493 e. The Morgan fingerprint density at radius 1 is 1.48 bits per heavy atom. The average molecular weight is 290 g/mol. The van der Waals surface area contributed by atoms with Crippen LogP contribution in [0.25, 0.3) is 0 Å². The lowest BCUT2D eigenvalue weighted by Gasteiger charge is -2.30. The van der Waals surface area contributed by atoms with Gasteiger partial charge in [0, 0.05) is 26.1 Å². The number of nitrogens with one attached hydrogen (secondary N) is 1. The van der Waals surface area contributed by atoms with Crippen molar-refractivity contribution in [2.24, 2.45) is 0 Å². The number of β-amino-alcohol motifs (C(OH)–C–C–N with tert-alkyl or cyclic N) is 1. The van der Waals surface area contributed by atoms with E-state index in [4.69, 9.17) is 4.74 Å². The van der Waals surface area contributed by atoms with Crippen molar-refractivity contribution in [1.29, 1.82) is 0 Å². The second-order valence-electron chi connectivity index (χ2n) is 5.76. The number of aliphatic hydroxyl groups is 1. The van der Waals surface area contributed by atoms with Gasteiger partial charge in [0.25, 0.3) is 0 Å². The molecule has 0 saturated carbocycles. The molecular weight excluding hydrogens is 268 g/mol. The Hall–Kier alpha value is -1.75. The predicted octanol–water partition coefficient (Wildman–Crippen LogP) is 1.33. The highest BCUT2D eigenvalue weighted by atomic mass is 16.5. The van der Waals surface area contributed by atoms with Crippen molar-refractivity contribution in [2.75, 3.05) is 26.2 Å². The maximum atomic E-state index is 12.0. The monoisotopic (exact) mass is 290 g/mol. The highest BCUT2D eigenvalue weighted by Crippen LogP contribution is 2.25. The van der Waals surface area contributed by atoms with Gasteiger partial charge < -0.3 is 20.1 Å². The van der Waals surface area contributed by atoms with Gasteiger partial charge in [0.1, 0.15) is 5.75 Å². The summed E-state index contributed by atoms with van der Waals surface area (Å²) < 4.78 is 5.49. The molecule has 0 aliphatic carbocycles. The van der Waals surface area contributed by atoms with Crippen LogP contribution in [0.15, 0.2) is 18.2 Å². The van der Waals surface area contributed by atoms with Gasteiger partial charge in [-0.1, -0.05) is 12.1 Å². The smallest absolute Gasteiger partial charge is 0.317 e. The molecular formula is C16H22N2O3. The molecule has 5 nitrogen and oxygen atoms in total. The third-order valence-corrected chi connectivity index (χ3v) is 4.13. The molecule has 1 aromatic carbocycles. The maximum absolute atomic E-state index is 12.0. The van der Waals surface area contributed by atoms with Crippen LogP contribution in [0, 0.1) is 0 Å². The first-order valence-corrected chi connectivity index (χ1v) is 7.68. The lowest BCUT2D eigenvalue weighted by Crippen LogP contribution is -2.47. The number of fused-ring (bicyclic) bond motifs is 1. The topological polar surface area (TPSA) is 61.8 Å². The molecule has 114 valence electrons. The standard InChI is InChI=1S/C16H22N2O3/c19-14-2-1-8-18(11-14)16(20)17-7-5-12-3-4-15-13(10-12)6-9-21-15/h3-4,10,14,19H,1-2,5-9,11H2,(H,17,20). The Labute approximate surface area is 124 Å². The Balaban J connectivity index is 1.46. The number of aliphatic hydroxyl groups excluding tert-OH is 1. The lowest BCUT2D eigenvalue weighted by molar-refractivity contribution is 0.0843. The number of benzene rings is 1. The van der Waals surface area contributed by atoms with Crippen molar-refractivity contribution in [2.45, 2.75) is 31.8 Å². The zero-order chi connectivity index (χ0) is 14.7. The third-order valence-electron chi connectivity index (χ3n) is 4.13. The van der Waals surface area contributed by atoms with E-state index in [1.165, 1.54) is 11.1 Å². The first-order chi connectivity index (χ1) is 10.2. The zero-order valence-electron chi connectivity index (χ0n) is 12.2. The average Bonchev–Trinajstić information content (AvgIpc) is 2.94. The van der Waals surface area contributed by atoms with Crippen molar-refractivity contribution in [3.63, 3.8) is 0 Å². The minimum absolute atomic E-state index is 0.0711. The van der Waals surface area contributed by atoms with Gasteiger partial charge in [0.15, 0.2) is 0 Å². The molecule has 1 atom stereocenters. The number of piperidine rings is 1. The highest BCUT2D eigenvalue weighted by Gasteiger charge is 2.21. The molecule has 2 aliphatic heterocycles. The van der Waals surface area contributed by atoms with Crippen LogP contribution in [0.1, 0.15) is 24.0 Å². The van der Waals surface area contributed by atoms with E-state index in [-0.39, 0.29) is 12.1 Å². The summed E-state index contributed by atoms with van der Waals surface area (Å²) in [4.78, 5) is 13.7. The molecule has 1 fully saturated rings. The molecule has 2 aliphatic rings. The number of likely N-dealkylation sites (tertiary alicyclic amines) is 1. The van der Waals surface area contributed by atoms with Crippen LogP contribution in [0.4, 0.5) is 4.79 Å². The molecule has 5 heteroatoms. The summed E-state index contributed by atoms with van der Waals surface area (Å²) in [6, 6.07) is 6.17. The van der Waals surface area contributed by atoms with Gasteiger partial charge in [-0.15, -0.1) is 0 Å². The summed E-state index contributed by atoms with van der Waals surface area (Å²) in [7, 11) is 0. The second-order valence-corrected chi connectivity index (χ2v) is 5.76. The molecule has 1 saturated heterocycles. The SMILES string of the molecule is O=C(NCCc1ccc2c(c1)CCO2)N1CCCC(O)C1. The molecule has 21 heavy (non-hydrogen) atoms. The second kappa shape index (κ2) is 6.35. The molecule has 2 amide bonds. The fourth-order valence-corrected chi connectivity index (χ4v) is 2.96. The summed E-state index contributed by atoms with van der Waals surface area (Å²) in [6.07, 6.45) is 3.08. The third kappa shape index (κ3) is 3.47. The van der Waals surface area contributed by atoms with E-state index in [1.807, 2.05) is 6.07 Å². The van der Waals surface area contributed by atoms with Crippen molar-refractivity contribution < 1.29 is 14.6 Å². The molecule has 2 heterocycles. The van der Waals surface area contributed by atoms with Crippen molar-refractivity contribution in [3.8, 4) is 5.75 Å². The van der Waals surface area contributed by atoms with Gasteiger partial charge in [-0.05, 0) is 36.5 Å². The summed E-state index contributed by atoms with van der Waals surface area (Å²) in [5.41, 5.74) is 2.48. The molecule has 0 bridgehead atoms. The molecule has 2 N–H and O–H groups in total. The zero-order valence-corrected chi connectivity index (χ0v) is 12.2. The van der Waals surface area contributed by atoms with E-state index in [2.05, 4.69) is 17.4 Å². The van der Waals surface area contributed by atoms with Crippen LogP contribution >= 0.6 is 0 Å². The van der Waals surface area contributed by atoms with E-state index < -0.39 is 0 Å². The number of rotatable bonds is 3. The predicted molar refractivity (Wildman–Crippen MR) is 79.6 cm³/mol. The van der Waals surface area contributed by atoms with Crippen LogP contribution < -0.4 is 10.1 Å². The number of hydrogen-bond acceptors (Lipinski definition) is 3. The van der Waals surface area contributed by atoms with E-state index in [0.29, 0.717) is 13.1 Å². The maximum Gasteiger partial charge on any atom is 0.317 e. The minimum atomic E-state index is -0.374. The Kier molecular flexibility index (Phi) is 4.29. The van der Waals surface area contributed by atoms with Crippen molar-refractivity contribution >= 4 is 6.03 Å². The molecule has 0 spiro atoms. The van der Waals surface area contributed by atoms with Crippen molar-refractivity contribution in [1.82, 2.24) is 10.2 Å². The summed E-state index contributed by atoms with van der Waals surface area (Å²) in [6.45, 7) is 2.57. The first kappa shape index (κ1) is 14.2. The number of ether oxygens (including phenoxy) is 1. The molecule has 1 unspecified atom stereocenters. The van der Waals surface area contributed by atoms with Crippen LogP contribution in [-0.4, -0.2) is 48.4 Å². The van der Waals surface area contributed by atoms with Crippen LogP contribution in [0.3, 0.4) is 0 Å². The fraction of sp³-hybridized carbons (Fsp3) is 0.562. The number of amides is 2. The van der Waals surface area contributed by atoms with Gasteiger partial charge in [-0.25, -0.2) is 4.79 Å². The lowest BCUT2D eigenvalue weighted by atomic mass is 10.1. The van der Waals surface area contributed by atoms with Crippen LogP contribution in [0.2, 0.25) is 0 Å². The van der Waals surface area contributed by atoms with Gasteiger partial charge in [-0.3, -0.25) is 0 Å². The number of carbonyl (C=O) groups excluding carboxylic acids is 1.